The van der Waals surface area contributed by atoms with Gasteiger partial charge in [0.05, 0.1) is 0 Å². The number of rotatable bonds is 6. The monoisotopic (exact) mass is 245 g/mol. The Kier molecular flexibility index (Phi) is 4.98. The number of aliphatic carboxylic acids is 1. The molecule has 1 aromatic heterocycles. The lowest BCUT2D eigenvalue weighted by Crippen LogP contribution is -2.00. The summed E-state index contributed by atoms with van der Waals surface area (Å²) in [6.45, 7) is 2.96. The van der Waals surface area contributed by atoms with Crippen molar-refractivity contribution in [2.45, 2.75) is 39.2 Å². The van der Waals surface area contributed by atoms with Gasteiger partial charge in [-0.2, -0.15) is 0 Å². The van der Waals surface area contributed by atoms with E-state index in [1.54, 1.807) is 11.3 Å². The number of carboxylic acid groups (broad SMARTS) is 1. The molecule has 1 rings (SSSR count). The Morgan fingerprint density at radius 3 is 2.80 bits per heavy atom. The number of carboxylic acids is 1. The lowest BCUT2D eigenvalue weighted by atomic mass is 10.2. The largest absolute Gasteiger partial charge is 0.481 e. The minimum absolute atomic E-state index is 0.272. The van der Waals surface area contributed by atoms with Gasteiger partial charge < -0.3 is 9.67 Å². The van der Waals surface area contributed by atoms with E-state index in [0.29, 0.717) is 0 Å². The smallest absolute Gasteiger partial charge is 0.303 e. The number of carbonyl (C=O) groups is 1. The second-order valence-electron chi connectivity index (χ2n) is 3.50. The predicted molar refractivity (Wildman–Crippen MR) is 64.0 cm³/mol. The van der Waals surface area contributed by atoms with Crippen LogP contribution in [-0.4, -0.2) is 15.6 Å². The van der Waals surface area contributed by atoms with Crippen LogP contribution in [0.3, 0.4) is 0 Å². The molecule has 0 aliphatic rings. The molecule has 0 unspecified atom stereocenters. The van der Waals surface area contributed by atoms with E-state index >= 15 is 0 Å². The van der Waals surface area contributed by atoms with Crippen molar-refractivity contribution < 1.29 is 9.90 Å². The highest BCUT2D eigenvalue weighted by Gasteiger charge is 2.00. The topological polar surface area (TPSA) is 42.2 Å². The third-order valence-electron chi connectivity index (χ3n) is 2.25. The molecule has 0 aliphatic carbocycles. The van der Waals surface area contributed by atoms with Crippen molar-refractivity contribution in [3.05, 3.63) is 15.0 Å². The summed E-state index contributed by atoms with van der Waals surface area (Å²) >= 11 is 6.76. The Bertz CT molecular complexity index is 381. The summed E-state index contributed by atoms with van der Waals surface area (Å²) in [6, 6.07) is 0. The summed E-state index contributed by atoms with van der Waals surface area (Å²) < 4.78 is 3.02. The van der Waals surface area contributed by atoms with E-state index in [9.17, 15) is 4.79 Å². The summed E-state index contributed by atoms with van der Waals surface area (Å²) in [6.07, 6.45) is 2.97. The van der Waals surface area contributed by atoms with Crippen LogP contribution in [0.5, 0.6) is 0 Å². The Hall–Kier alpha value is -0.680. The summed E-state index contributed by atoms with van der Waals surface area (Å²) in [5, 5.41) is 10.5. The molecule has 0 atom stereocenters. The second-order valence-corrected chi connectivity index (χ2v) is 5.00. The Labute approximate surface area is 98.4 Å². The number of unbranched alkanes of at least 4 members (excludes halogenated alkanes) is 2. The molecule has 1 N–H and O–H groups in total. The van der Waals surface area contributed by atoms with Gasteiger partial charge in [-0.3, -0.25) is 4.79 Å². The zero-order chi connectivity index (χ0) is 11.3. The average molecular weight is 245 g/mol. The molecule has 84 valence electrons. The highest BCUT2D eigenvalue weighted by molar-refractivity contribution is 7.73. The molecule has 0 fully saturated rings. The molecule has 0 amide bonds. The van der Waals surface area contributed by atoms with Crippen LogP contribution in [-0.2, 0) is 11.3 Å². The molecule has 0 bridgehead atoms. The molecule has 0 aromatic carbocycles. The van der Waals surface area contributed by atoms with Gasteiger partial charge in [0.25, 0.3) is 0 Å². The van der Waals surface area contributed by atoms with Crippen molar-refractivity contribution >= 4 is 29.5 Å². The van der Waals surface area contributed by atoms with E-state index in [4.69, 9.17) is 17.3 Å². The van der Waals surface area contributed by atoms with Gasteiger partial charge in [0, 0.05) is 24.0 Å². The van der Waals surface area contributed by atoms with Crippen molar-refractivity contribution in [3.8, 4) is 0 Å². The standard InChI is InChI=1S/C10H15NO2S2/c1-8-7-15-10(14)11(8)6-4-2-3-5-9(12)13/h7H,2-6H2,1H3,(H,12,13). The highest BCUT2D eigenvalue weighted by Crippen LogP contribution is 2.12. The molecule has 0 aliphatic heterocycles. The van der Waals surface area contributed by atoms with Gasteiger partial charge in [-0.05, 0) is 32.0 Å². The normalized spacial score (nSPS) is 10.5. The minimum atomic E-state index is -0.710. The third kappa shape index (κ3) is 4.13. The fraction of sp³-hybridized carbons (Fsp3) is 0.600. The molecule has 1 aromatic rings. The average Bonchev–Trinajstić information content (AvgIpc) is 2.47. The van der Waals surface area contributed by atoms with Gasteiger partial charge in [0.2, 0.25) is 0 Å². The first-order valence-electron chi connectivity index (χ1n) is 4.98. The molecule has 0 radical (unpaired) electrons. The quantitative estimate of drug-likeness (QED) is 0.618. The van der Waals surface area contributed by atoms with E-state index in [1.165, 1.54) is 5.69 Å². The first-order chi connectivity index (χ1) is 7.11. The summed E-state index contributed by atoms with van der Waals surface area (Å²) in [5.41, 5.74) is 1.20. The fourth-order valence-electron chi connectivity index (χ4n) is 1.40. The number of thiazole rings is 1. The summed E-state index contributed by atoms with van der Waals surface area (Å²) in [4.78, 5) is 10.3. The highest BCUT2D eigenvalue weighted by atomic mass is 32.1. The van der Waals surface area contributed by atoms with Gasteiger partial charge in [-0.1, -0.05) is 6.42 Å². The summed E-state index contributed by atoms with van der Waals surface area (Å²) in [5.74, 6) is -0.710. The van der Waals surface area contributed by atoms with E-state index in [0.717, 1.165) is 29.8 Å². The van der Waals surface area contributed by atoms with Gasteiger partial charge >= 0.3 is 5.97 Å². The van der Waals surface area contributed by atoms with Crippen LogP contribution in [0.15, 0.2) is 5.38 Å². The lowest BCUT2D eigenvalue weighted by molar-refractivity contribution is -0.137. The first kappa shape index (κ1) is 12.4. The van der Waals surface area contributed by atoms with Crippen molar-refractivity contribution in [1.82, 2.24) is 4.57 Å². The second kappa shape index (κ2) is 6.02. The van der Waals surface area contributed by atoms with Gasteiger partial charge in [0.1, 0.15) is 0 Å². The molecule has 0 spiro atoms. The van der Waals surface area contributed by atoms with Crippen LogP contribution >= 0.6 is 23.6 Å². The maximum absolute atomic E-state index is 10.3. The van der Waals surface area contributed by atoms with Gasteiger partial charge in [-0.15, -0.1) is 11.3 Å². The molecular formula is C10H15NO2S2. The van der Waals surface area contributed by atoms with Crippen molar-refractivity contribution in [1.29, 1.82) is 0 Å². The first-order valence-corrected chi connectivity index (χ1v) is 6.27. The third-order valence-corrected chi connectivity index (χ3v) is 3.64. The number of hydrogen-bond acceptors (Lipinski definition) is 3. The van der Waals surface area contributed by atoms with Crippen LogP contribution in [0.2, 0.25) is 0 Å². The Balaban J connectivity index is 2.26. The number of aromatic nitrogens is 1. The van der Waals surface area contributed by atoms with E-state index < -0.39 is 5.97 Å². The van der Waals surface area contributed by atoms with Crippen molar-refractivity contribution in [2.75, 3.05) is 0 Å². The molecule has 5 heteroatoms. The molecule has 0 saturated heterocycles. The molecule has 3 nitrogen and oxygen atoms in total. The van der Waals surface area contributed by atoms with Crippen molar-refractivity contribution in [3.63, 3.8) is 0 Å². The van der Waals surface area contributed by atoms with E-state index in [1.807, 2.05) is 6.92 Å². The maximum atomic E-state index is 10.3. The maximum Gasteiger partial charge on any atom is 0.303 e. The Morgan fingerprint density at radius 2 is 2.27 bits per heavy atom. The molecule has 1 heterocycles. The zero-order valence-corrected chi connectivity index (χ0v) is 10.4. The molecule has 15 heavy (non-hydrogen) atoms. The van der Waals surface area contributed by atoms with Crippen LogP contribution in [0, 0.1) is 10.9 Å². The lowest BCUT2D eigenvalue weighted by Gasteiger charge is -2.04. The van der Waals surface area contributed by atoms with Crippen LogP contribution in [0.25, 0.3) is 0 Å². The van der Waals surface area contributed by atoms with Crippen molar-refractivity contribution in [2.24, 2.45) is 0 Å². The predicted octanol–water partition coefficient (Wildman–Crippen LogP) is 3.23. The van der Waals surface area contributed by atoms with Gasteiger partial charge in [-0.25, -0.2) is 0 Å². The fourth-order valence-corrected chi connectivity index (χ4v) is 2.54. The molecular weight excluding hydrogens is 230 g/mol. The van der Waals surface area contributed by atoms with E-state index in [-0.39, 0.29) is 6.42 Å². The SMILES string of the molecule is Cc1csc(=S)n1CCCCCC(=O)O. The van der Waals surface area contributed by atoms with Crippen LogP contribution in [0.1, 0.15) is 31.4 Å². The van der Waals surface area contributed by atoms with Gasteiger partial charge in [0.15, 0.2) is 3.95 Å². The summed E-state index contributed by atoms with van der Waals surface area (Å²) in [7, 11) is 0. The van der Waals surface area contributed by atoms with E-state index in [2.05, 4.69) is 9.95 Å². The Morgan fingerprint density at radius 1 is 1.53 bits per heavy atom. The molecule has 0 saturated carbocycles. The van der Waals surface area contributed by atoms with Crippen LogP contribution in [0.4, 0.5) is 0 Å². The number of nitrogens with zero attached hydrogens (tertiary/aromatic N) is 1. The van der Waals surface area contributed by atoms with Crippen LogP contribution < -0.4 is 0 Å². The number of aryl methyl sites for hydroxylation is 1. The minimum Gasteiger partial charge on any atom is -0.481 e. The zero-order valence-electron chi connectivity index (χ0n) is 8.73. The number of hydrogen-bond donors (Lipinski definition) is 1.